The van der Waals surface area contributed by atoms with Crippen molar-refractivity contribution in [3.05, 3.63) is 0 Å². The summed E-state index contributed by atoms with van der Waals surface area (Å²) in [6, 6.07) is 0. The van der Waals surface area contributed by atoms with Crippen molar-refractivity contribution >= 4 is 11.9 Å². The van der Waals surface area contributed by atoms with Gasteiger partial charge in [0.25, 0.3) is 0 Å². The smallest absolute Gasteiger partial charge is 0.303 e. The largest absolute Gasteiger partial charge is 0.481 e. The Morgan fingerprint density at radius 2 is 2.05 bits per heavy atom. The number of amides is 1. The van der Waals surface area contributed by atoms with Gasteiger partial charge >= 0.3 is 5.97 Å². The van der Waals surface area contributed by atoms with E-state index in [1.165, 1.54) is 0 Å². The molecule has 20 heavy (non-hydrogen) atoms. The number of hydrogen-bond donors (Lipinski definition) is 1. The van der Waals surface area contributed by atoms with Crippen LogP contribution in [0.15, 0.2) is 0 Å². The van der Waals surface area contributed by atoms with E-state index < -0.39 is 5.97 Å². The Balaban J connectivity index is 1.63. The summed E-state index contributed by atoms with van der Waals surface area (Å²) in [6.45, 7) is 4.29. The molecule has 0 aromatic carbocycles. The van der Waals surface area contributed by atoms with E-state index in [9.17, 15) is 9.59 Å². The van der Waals surface area contributed by atoms with Crippen LogP contribution in [0.2, 0.25) is 0 Å². The molecule has 0 aromatic heterocycles. The molecule has 1 saturated carbocycles. The molecule has 2 aliphatic rings. The first-order valence-electron chi connectivity index (χ1n) is 7.69. The lowest BCUT2D eigenvalue weighted by atomic mass is 9.80. The van der Waals surface area contributed by atoms with E-state index in [-0.39, 0.29) is 12.3 Å². The van der Waals surface area contributed by atoms with Gasteiger partial charge in [-0.2, -0.15) is 0 Å². The van der Waals surface area contributed by atoms with Crippen molar-refractivity contribution in [1.29, 1.82) is 0 Å². The van der Waals surface area contributed by atoms with Gasteiger partial charge in [0.05, 0.1) is 6.10 Å². The average molecular weight is 283 g/mol. The lowest BCUT2D eigenvalue weighted by Gasteiger charge is -2.35. The highest BCUT2D eigenvalue weighted by Gasteiger charge is 2.34. The molecule has 0 radical (unpaired) electrons. The Labute approximate surface area is 120 Å². The molecule has 0 bridgehead atoms. The summed E-state index contributed by atoms with van der Waals surface area (Å²) in [7, 11) is 0. The summed E-state index contributed by atoms with van der Waals surface area (Å²) in [5.41, 5.74) is 0. The van der Waals surface area contributed by atoms with E-state index in [0.29, 0.717) is 30.8 Å². The van der Waals surface area contributed by atoms with Crippen LogP contribution in [0.4, 0.5) is 0 Å². The summed E-state index contributed by atoms with van der Waals surface area (Å²) in [5, 5.41) is 8.68. The van der Waals surface area contributed by atoms with Gasteiger partial charge in [0.2, 0.25) is 5.91 Å². The highest BCUT2D eigenvalue weighted by Crippen LogP contribution is 2.33. The number of ether oxygens (including phenoxy) is 1. The highest BCUT2D eigenvalue weighted by atomic mass is 16.5. The van der Waals surface area contributed by atoms with Crippen LogP contribution >= 0.6 is 0 Å². The van der Waals surface area contributed by atoms with E-state index in [0.717, 1.165) is 39.0 Å². The van der Waals surface area contributed by atoms with Gasteiger partial charge in [0, 0.05) is 32.5 Å². The molecule has 0 spiro atoms. The molecule has 1 saturated heterocycles. The number of carbonyl (C=O) groups is 2. The molecule has 1 unspecified atom stereocenters. The van der Waals surface area contributed by atoms with Crippen LogP contribution in [-0.2, 0) is 14.3 Å². The molecule has 1 atom stereocenters. The third kappa shape index (κ3) is 4.20. The maximum Gasteiger partial charge on any atom is 0.303 e. The number of aliphatic carboxylic acids is 1. The van der Waals surface area contributed by atoms with Crippen LogP contribution < -0.4 is 0 Å². The van der Waals surface area contributed by atoms with E-state index in [1.54, 1.807) is 0 Å². The van der Waals surface area contributed by atoms with Crippen molar-refractivity contribution in [3.8, 4) is 0 Å². The zero-order chi connectivity index (χ0) is 14.5. The molecular formula is C15H25NO4. The minimum atomic E-state index is -0.744. The Bertz CT molecular complexity index is 352. The molecule has 2 rings (SSSR count). The molecule has 5 heteroatoms. The third-order valence-corrected chi connectivity index (χ3v) is 4.46. The van der Waals surface area contributed by atoms with Crippen LogP contribution in [0.5, 0.6) is 0 Å². The summed E-state index contributed by atoms with van der Waals surface area (Å²) < 4.78 is 5.51. The molecule has 114 valence electrons. The van der Waals surface area contributed by atoms with E-state index in [2.05, 4.69) is 0 Å². The molecule has 0 aromatic rings. The molecule has 1 amide bonds. The fourth-order valence-electron chi connectivity index (χ4n) is 3.21. The van der Waals surface area contributed by atoms with Gasteiger partial charge in [0.15, 0.2) is 0 Å². The summed E-state index contributed by atoms with van der Waals surface area (Å²) >= 11 is 0. The van der Waals surface area contributed by atoms with E-state index in [1.807, 2.05) is 11.8 Å². The predicted molar refractivity (Wildman–Crippen MR) is 74.3 cm³/mol. The second-order valence-electron chi connectivity index (χ2n) is 6.05. The van der Waals surface area contributed by atoms with Crippen LogP contribution in [-0.4, -0.2) is 47.7 Å². The molecule has 1 heterocycles. The van der Waals surface area contributed by atoms with E-state index in [4.69, 9.17) is 9.84 Å². The van der Waals surface area contributed by atoms with Crippen LogP contribution in [0, 0.1) is 11.8 Å². The van der Waals surface area contributed by atoms with Gasteiger partial charge in [-0.25, -0.2) is 0 Å². The second kappa shape index (κ2) is 7.07. The van der Waals surface area contributed by atoms with Crippen molar-refractivity contribution in [2.45, 2.75) is 51.6 Å². The first-order valence-corrected chi connectivity index (χ1v) is 7.69. The van der Waals surface area contributed by atoms with Crippen LogP contribution in [0.25, 0.3) is 0 Å². The Kier molecular flexibility index (Phi) is 5.40. The van der Waals surface area contributed by atoms with Crippen LogP contribution in [0.1, 0.15) is 45.4 Å². The second-order valence-corrected chi connectivity index (χ2v) is 6.05. The zero-order valence-electron chi connectivity index (χ0n) is 12.2. The normalized spacial score (nSPS) is 29.2. The minimum Gasteiger partial charge on any atom is -0.481 e. The number of rotatable bonds is 7. The van der Waals surface area contributed by atoms with Crippen molar-refractivity contribution in [2.75, 3.05) is 19.7 Å². The monoisotopic (exact) mass is 283 g/mol. The van der Waals surface area contributed by atoms with Crippen molar-refractivity contribution in [1.82, 2.24) is 4.90 Å². The van der Waals surface area contributed by atoms with Gasteiger partial charge in [0.1, 0.15) is 0 Å². The van der Waals surface area contributed by atoms with E-state index >= 15 is 0 Å². The lowest BCUT2D eigenvalue weighted by molar-refractivity contribution is -0.137. The summed E-state index contributed by atoms with van der Waals surface area (Å²) in [4.78, 5) is 24.6. The Morgan fingerprint density at radius 3 is 2.70 bits per heavy atom. The fraction of sp³-hybridized carbons (Fsp3) is 0.867. The van der Waals surface area contributed by atoms with Gasteiger partial charge in [-0.15, -0.1) is 0 Å². The molecule has 5 nitrogen and oxygen atoms in total. The van der Waals surface area contributed by atoms with Gasteiger partial charge in [-0.3, -0.25) is 9.59 Å². The Morgan fingerprint density at radius 1 is 1.30 bits per heavy atom. The molecule has 1 N–H and O–H groups in total. The fourth-order valence-corrected chi connectivity index (χ4v) is 3.21. The van der Waals surface area contributed by atoms with Gasteiger partial charge in [-0.1, -0.05) is 0 Å². The number of carbonyl (C=O) groups excluding carboxylic acids is 1. The minimum absolute atomic E-state index is 0.214. The number of carboxylic acids is 1. The van der Waals surface area contributed by atoms with Gasteiger partial charge in [-0.05, 0) is 44.4 Å². The molecule has 1 aliphatic carbocycles. The molecular weight excluding hydrogens is 258 g/mol. The predicted octanol–water partition coefficient (Wildman–Crippen LogP) is 1.90. The maximum absolute atomic E-state index is 12.2. The number of likely N-dealkylation sites (tertiary alicyclic amines) is 1. The Hall–Kier alpha value is -1.10. The first-order chi connectivity index (χ1) is 9.58. The zero-order valence-corrected chi connectivity index (χ0v) is 12.2. The number of nitrogens with zero attached hydrogens (tertiary/aromatic N) is 1. The average Bonchev–Trinajstić information content (AvgIpc) is 2.82. The van der Waals surface area contributed by atoms with Crippen molar-refractivity contribution < 1.29 is 19.4 Å². The van der Waals surface area contributed by atoms with Crippen molar-refractivity contribution in [2.24, 2.45) is 11.8 Å². The lowest BCUT2D eigenvalue weighted by Crippen LogP contribution is -2.37. The summed E-state index contributed by atoms with van der Waals surface area (Å²) in [5.74, 6) is 0.346. The summed E-state index contributed by atoms with van der Waals surface area (Å²) in [6.07, 6.45) is 4.87. The van der Waals surface area contributed by atoms with Crippen molar-refractivity contribution in [3.63, 3.8) is 0 Å². The number of carboxylic acid groups (broad SMARTS) is 1. The SMILES string of the molecule is CCOC1CC(CC(=O)N2CCC(CCC(=O)O)C2)C1. The quantitative estimate of drug-likeness (QED) is 0.775. The van der Waals surface area contributed by atoms with Crippen LogP contribution in [0.3, 0.4) is 0 Å². The van der Waals surface area contributed by atoms with Gasteiger partial charge < -0.3 is 14.7 Å². The topological polar surface area (TPSA) is 66.8 Å². The molecule has 1 aliphatic heterocycles. The molecule has 2 fully saturated rings. The highest BCUT2D eigenvalue weighted by molar-refractivity contribution is 5.76. The first kappa shape index (κ1) is 15.3. The third-order valence-electron chi connectivity index (χ3n) is 4.46. The maximum atomic E-state index is 12.2. The number of hydrogen-bond acceptors (Lipinski definition) is 3. The standard InChI is InChI=1S/C15H25NO4/c1-2-20-13-7-12(8-13)9-14(17)16-6-5-11(10-16)3-4-15(18)19/h11-13H,2-10H2,1H3,(H,18,19).